The molecule has 0 saturated carbocycles. The lowest BCUT2D eigenvalue weighted by Gasteiger charge is -2.29. The van der Waals surface area contributed by atoms with Gasteiger partial charge < -0.3 is 9.64 Å². The molecule has 0 spiro atoms. The number of methoxy groups -OCH3 is 1. The third-order valence-electron chi connectivity index (χ3n) is 5.51. The second-order valence-electron chi connectivity index (χ2n) is 7.47. The second kappa shape index (κ2) is 9.43. The van der Waals surface area contributed by atoms with Crippen LogP contribution in [0.15, 0.2) is 65.8 Å². The van der Waals surface area contributed by atoms with Gasteiger partial charge in [0, 0.05) is 36.0 Å². The Balaban J connectivity index is 1.35. The fourth-order valence-corrected chi connectivity index (χ4v) is 3.96. The molecular weight excluding hydrogens is 390 g/mol. The summed E-state index contributed by atoms with van der Waals surface area (Å²) in [7, 11) is 1.64. The fourth-order valence-electron chi connectivity index (χ4n) is 3.96. The van der Waals surface area contributed by atoms with E-state index in [2.05, 4.69) is 16.6 Å². The van der Waals surface area contributed by atoms with Gasteiger partial charge in [-0.15, -0.1) is 0 Å². The van der Waals surface area contributed by atoms with E-state index < -0.39 is 0 Å². The molecule has 0 aliphatic carbocycles. The van der Waals surface area contributed by atoms with Crippen molar-refractivity contribution in [2.75, 3.05) is 18.6 Å². The summed E-state index contributed by atoms with van der Waals surface area (Å²) in [6.45, 7) is 0.695. The first kappa shape index (κ1) is 20.6. The number of nitrogens with zero attached hydrogens (tertiary/aromatic N) is 2. The number of hydrogen-bond donors (Lipinski definition) is 1. The van der Waals surface area contributed by atoms with Crippen molar-refractivity contribution in [2.24, 2.45) is 5.10 Å². The third-order valence-corrected chi connectivity index (χ3v) is 5.51. The Labute approximate surface area is 181 Å². The molecule has 4 rings (SSSR count). The Morgan fingerprint density at radius 2 is 1.81 bits per heavy atom. The van der Waals surface area contributed by atoms with Gasteiger partial charge in [-0.3, -0.25) is 9.59 Å². The van der Waals surface area contributed by atoms with Crippen LogP contribution in [0.5, 0.6) is 5.75 Å². The third kappa shape index (κ3) is 4.58. The summed E-state index contributed by atoms with van der Waals surface area (Å²) in [5, 5.41) is 6.05. The van der Waals surface area contributed by atoms with E-state index in [9.17, 15) is 9.59 Å². The highest BCUT2D eigenvalue weighted by molar-refractivity contribution is 6.02. The van der Waals surface area contributed by atoms with E-state index in [0.29, 0.717) is 6.54 Å². The Hall–Kier alpha value is -3.67. The van der Waals surface area contributed by atoms with Gasteiger partial charge in [-0.2, -0.15) is 5.10 Å². The van der Waals surface area contributed by atoms with Crippen molar-refractivity contribution in [3.8, 4) is 5.75 Å². The number of ether oxygens (including phenoxy) is 1. The van der Waals surface area contributed by atoms with E-state index in [-0.39, 0.29) is 24.7 Å². The van der Waals surface area contributed by atoms with Crippen molar-refractivity contribution in [1.82, 2.24) is 5.43 Å². The number of hydrazone groups is 1. The molecule has 0 radical (unpaired) electrons. The Morgan fingerprint density at radius 3 is 2.65 bits per heavy atom. The second-order valence-corrected chi connectivity index (χ2v) is 7.47. The van der Waals surface area contributed by atoms with Crippen LogP contribution in [-0.4, -0.2) is 31.7 Å². The van der Waals surface area contributed by atoms with E-state index in [1.54, 1.807) is 18.2 Å². The smallest absolute Gasteiger partial charge is 0.240 e. The minimum absolute atomic E-state index is 0.0348. The van der Waals surface area contributed by atoms with Gasteiger partial charge in [0.1, 0.15) is 5.75 Å². The summed E-state index contributed by atoms with van der Waals surface area (Å²) in [4.78, 5) is 26.7. The maximum absolute atomic E-state index is 12.7. The topological polar surface area (TPSA) is 71.0 Å². The Kier molecular flexibility index (Phi) is 6.26. The summed E-state index contributed by atoms with van der Waals surface area (Å²) in [5.74, 6) is 0.467. The molecule has 0 unspecified atom stereocenters. The normalized spacial score (nSPS) is 13.3. The Bertz CT molecular complexity index is 1140. The lowest BCUT2D eigenvalue weighted by molar-refractivity contribution is -0.125. The van der Waals surface area contributed by atoms with Gasteiger partial charge in [-0.05, 0) is 42.0 Å². The molecule has 6 heteroatoms. The van der Waals surface area contributed by atoms with Gasteiger partial charge in [-0.25, -0.2) is 5.43 Å². The highest BCUT2D eigenvalue weighted by atomic mass is 16.5. The molecule has 1 aliphatic rings. The van der Waals surface area contributed by atoms with Gasteiger partial charge in [0.2, 0.25) is 11.8 Å². The molecule has 3 aromatic carbocycles. The van der Waals surface area contributed by atoms with Crippen LogP contribution < -0.4 is 15.1 Å². The van der Waals surface area contributed by atoms with E-state index >= 15 is 0 Å². The number of aryl methyl sites for hydroxylation is 1. The van der Waals surface area contributed by atoms with Crippen LogP contribution in [0.3, 0.4) is 0 Å². The predicted molar refractivity (Wildman–Crippen MR) is 123 cm³/mol. The maximum atomic E-state index is 12.7. The number of anilines is 1. The van der Waals surface area contributed by atoms with Crippen LogP contribution in [0.2, 0.25) is 0 Å². The molecular formula is C25H25N3O3. The van der Waals surface area contributed by atoms with Crippen molar-refractivity contribution in [3.63, 3.8) is 0 Å². The van der Waals surface area contributed by atoms with Gasteiger partial charge >= 0.3 is 0 Å². The molecule has 1 aliphatic heterocycles. The molecule has 6 nitrogen and oxygen atoms in total. The van der Waals surface area contributed by atoms with Crippen molar-refractivity contribution in [3.05, 3.63) is 71.8 Å². The van der Waals surface area contributed by atoms with E-state index in [1.807, 2.05) is 54.6 Å². The zero-order valence-electron chi connectivity index (χ0n) is 17.5. The molecule has 0 atom stereocenters. The average molecular weight is 415 g/mol. The average Bonchev–Trinajstić information content (AvgIpc) is 2.82. The molecule has 2 amide bonds. The molecule has 3 aromatic rings. The molecule has 0 bridgehead atoms. The number of para-hydroxylation sites is 1. The van der Waals surface area contributed by atoms with Crippen molar-refractivity contribution >= 4 is 34.5 Å². The fraction of sp³-hybridized carbons (Fsp3) is 0.240. The summed E-state index contributed by atoms with van der Waals surface area (Å²) < 4.78 is 5.40. The molecule has 158 valence electrons. The molecule has 0 aromatic heterocycles. The zero-order chi connectivity index (χ0) is 21.6. The minimum atomic E-state index is -0.285. The number of carbonyl (C=O) groups excluding carboxylic acids is 2. The van der Waals surface area contributed by atoms with Crippen molar-refractivity contribution < 1.29 is 14.3 Å². The predicted octanol–water partition coefficient (Wildman–Crippen LogP) is 4.06. The monoisotopic (exact) mass is 415 g/mol. The van der Waals surface area contributed by atoms with Crippen LogP contribution in [0.1, 0.15) is 30.4 Å². The molecule has 1 N–H and O–H groups in total. The van der Waals surface area contributed by atoms with Gasteiger partial charge in [0.25, 0.3) is 0 Å². The molecule has 0 fully saturated rings. The van der Waals surface area contributed by atoms with Crippen LogP contribution in [-0.2, 0) is 16.0 Å². The van der Waals surface area contributed by atoms with Crippen LogP contribution in [0.4, 0.5) is 5.69 Å². The zero-order valence-corrected chi connectivity index (χ0v) is 17.5. The van der Waals surface area contributed by atoms with E-state index in [0.717, 1.165) is 40.6 Å². The molecule has 1 heterocycles. The number of benzene rings is 3. The largest absolute Gasteiger partial charge is 0.496 e. The lowest BCUT2D eigenvalue weighted by Crippen LogP contribution is -2.36. The van der Waals surface area contributed by atoms with Gasteiger partial charge in [-0.1, -0.05) is 42.5 Å². The first-order valence-corrected chi connectivity index (χ1v) is 10.4. The number of carbonyl (C=O) groups is 2. The van der Waals surface area contributed by atoms with Gasteiger partial charge in [0.15, 0.2) is 0 Å². The van der Waals surface area contributed by atoms with Crippen LogP contribution >= 0.6 is 0 Å². The van der Waals surface area contributed by atoms with Crippen LogP contribution in [0, 0.1) is 0 Å². The summed E-state index contributed by atoms with van der Waals surface area (Å²) in [6, 6.07) is 19.6. The van der Waals surface area contributed by atoms with E-state index in [4.69, 9.17) is 4.74 Å². The number of nitrogens with one attached hydrogen (secondary N) is 1. The molecule has 31 heavy (non-hydrogen) atoms. The maximum Gasteiger partial charge on any atom is 0.240 e. The minimum Gasteiger partial charge on any atom is -0.496 e. The van der Waals surface area contributed by atoms with Crippen LogP contribution in [0.25, 0.3) is 10.8 Å². The number of amides is 2. The van der Waals surface area contributed by atoms with Crippen molar-refractivity contribution in [1.29, 1.82) is 0 Å². The summed E-state index contributed by atoms with van der Waals surface area (Å²) in [5.41, 5.74) is 5.55. The van der Waals surface area contributed by atoms with Crippen molar-refractivity contribution in [2.45, 2.75) is 25.7 Å². The number of hydrogen-bond acceptors (Lipinski definition) is 4. The number of rotatable bonds is 6. The number of fused-ring (bicyclic) bond motifs is 2. The first-order valence-electron chi connectivity index (χ1n) is 10.4. The quantitative estimate of drug-likeness (QED) is 0.488. The van der Waals surface area contributed by atoms with E-state index in [1.165, 1.54) is 5.56 Å². The Morgan fingerprint density at radius 1 is 1.03 bits per heavy atom. The highest BCUT2D eigenvalue weighted by Crippen LogP contribution is 2.28. The standard InChI is InChI=1S/C25H25N3O3/c1-31-23-13-12-19(20-9-3-4-10-21(20)23)17-26-27-24(29)14-15-25(30)28-16-6-8-18-7-2-5-11-22(18)28/h2-5,7,9-13,17H,6,8,14-16H2,1H3,(H,27,29). The summed E-state index contributed by atoms with van der Waals surface area (Å²) in [6.07, 6.45) is 3.78. The van der Waals surface area contributed by atoms with Gasteiger partial charge in [0.05, 0.1) is 13.3 Å². The first-order chi connectivity index (χ1) is 15.2. The highest BCUT2D eigenvalue weighted by Gasteiger charge is 2.22. The lowest BCUT2D eigenvalue weighted by atomic mass is 10.0. The molecule has 0 saturated heterocycles. The SMILES string of the molecule is COc1ccc(C=NNC(=O)CCC(=O)N2CCCc3ccccc32)c2ccccc12. The summed E-state index contributed by atoms with van der Waals surface area (Å²) >= 11 is 0.